The summed E-state index contributed by atoms with van der Waals surface area (Å²) in [5.41, 5.74) is 0.101. The van der Waals surface area contributed by atoms with Gasteiger partial charge in [-0.25, -0.2) is 9.97 Å². The number of hydrogen-bond acceptors (Lipinski definition) is 7. The van der Waals surface area contributed by atoms with Gasteiger partial charge in [0.25, 0.3) is 6.47 Å². The number of fused-ring (bicyclic) bond motifs is 3. The smallest absolute Gasteiger partial charge is 0.304 e. The summed E-state index contributed by atoms with van der Waals surface area (Å²) in [6.45, 7) is -0.0370. The van der Waals surface area contributed by atoms with Gasteiger partial charge in [0.05, 0.1) is 23.2 Å². The van der Waals surface area contributed by atoms with Crippen LogP contribution in [0.4, 0.5) is 0 Å². The van der Waals surface area contributed by atoms with Crippen LogP contribution in [-0.2, 0) is 19.7 Å². The maximum absolute atomic E-state index is 11.5. The molecule has 2 aromatic rings. The van der Waals surface area contributed by atoms with Gasteiger partial charge in [-0.15, -0.1) is 0 Å². The van der Waals surface area contributed by atoms with Gasteiger partial charge in [0.15, 0.2) is 11.4 Å². The lowest BCUT2D eigenvalue weighted by Crippen LogP contribution is -2.35. The summed E-state index contributed by atoms with van der Waals surface area (Å²) >= 11 is 0. The van der Waals surface area contributed by atoms with Crippen molar-refractivity contribution in [1.82, 2.24) is 9.97 Å². The standard InChI is InChI=1S/C17H10N4O4/c18-6-12-13(7-19)21-16-15(20-12)10-3-1-2-4-11(10)17(16,5-14(23)24)8-25-9-22/h1-4,9H,5,8H2,(H,23,24). The molecule has 1 atom stereocenters. The van der Waals surface area contributed by atoms with Gasteiger partial charge in [-0.2, -0.15) is 10.5 Å². The van der Waals surface area contributed by atoms with E-state index < -0.39 is 17.8 Å². The van der Waals surface area contributed by atoms with Crippen molar-refractivity contribution in [3.63, 3.8) is 0 Å². The zero-order chi connectivity index (χ0) is 18.0. The molecule has 0 aliphatic heterocycles. The number of aromatic nitrogens is 2. The molecular formula is C17H10N4O4. The van der Waals surface area contributed by atoms with E-state index in [0.717, 1.165) is 0 Å². The molecule has 3 rings (SSSR count). The van der Waals surface area contributed by atoms with E-state index in [0.29, 0.717) is 16.8 Å². The second-order valence-electron chi connectivity index (χ2n) is 5.45. The normalized spacial score (nSPS) is 16.9. The first-order valence-electron chi connectivity index (χ1n) is 7.17. The lowest BCUT2D eigenvalue weighted by molar-refractivity contribution is -0.140. The van der Waals surface area contributed by atoms with E-state index in [2.05, 4.69) is 9.97 Å². The van der Waals surface area contributed by atoms with Crippen molar-refractivity contribution < 1.29 is 19.4 Å². The molecular weight excluding hydrogens is 324 g/mol. The molecule has 0 saturated heterocycles. The molecule has 25 heavy (non-hydrogen) atoms. The molecule has 1 N–H and O–H groups in total. The van der Waals surface area contributed by atoms with Crippen LogP contribution in [0, 0.1) is 22.7 Å². The molecule has 0 fully saturated rings. The third kappa shape index (κ3) is 2.37. The number of aliphatic carboxylic acids is 1. The van der Waals surface area contributed by atoms with Gasteiger partial charge >= 0.3 is 5.97 Å². The largest absolute Gasteiger partial charge is 0.481 e. The molecule has 0 amide bonds. The first-order valence-corrected chi connectivity index (χ1v) is 7.17. The van der Waals surface area contributed by atoms with Gasteiger partial charge in [-0.1, -0.05) is 24.3 Å². The highest BCUT2D eigenvalue weighted by Gasteiger charge is 2.48. The summed E-state index contributed by atoms with van der Waals surface area (Å²) in [5, 5.41) is 27.8. The van der Waals surface area contributed by atoms with Crippen molar-refractivity contribution in [2.75, 3.05) is 6.61 Å². The van der Waals surface area contributed by atoms with Crippen LogP contribution in [0.1, 0.15) is 29.1 Å². The van der Waals surface area contributed by atoms with Crippen LogP contribution in [0.25, 0.3) is 11.3 Å². The minimum absolute atomic E-state index is 0.140. The maximum atomic E-state index is 11.5. The van der Waals surface area contributed by atoms with Gasteiger partial charge in [0.2, 0.25) is 0 Å². The fourth-order valence-corrected chi connectivity index (χ4v) is 3.16. The topological polar surface area (TPSA) is 137 Å². The number of carboxylic acid groups (broad SMARTS) is 1. The van der Waals surface area contributed by atoms with Gasteiger partial charge in [-0.3, -0.25) is 9.59 Å². The monoisotopic (exact) mass is 334 g/mol. The molecule has 1 aromatic carbocycles. The highest BCUT2D eigenvalue weighted by atomic mass is 16.5. The summed E-state index contributed by atoms with van der Waals surface area (Å²) in [6.07, 6.45) is -0.406. The number of benzene rings is 1. The van der Waals surface area contributed by atoms with Crippen molar-refractivity contribution in [2.45, 2.75) is 11.8 Å². The first-order chi connectivity index (χ1) is 12.1. The predicted octanol–water partition coefficient (Wildman–Crippen LogP) is 1.13. The Kier molecular flexibility index (Phi) is 3.88. The quantitative estimate of drug-likeness (QED) is 0.803. The number of carbonyl (C=O) groups is 2. The highest BCUT2D eigenvalue weighted by Crippen LogP contribution is 2.49. The lowest BCUT2D eigenvalue weighted by Gasteiger charge is -2.27. The molecule has 1 heterocycles. The third-order valence-corrected chi connectivity index (χ3v) is 4.11. The molecule has 1 aliphatic rings. The van der Waals surface area contributed by atoms with E-state index >= 15 is 0 Å². The molecule has 8 nitrogen and oxygen atoms in total. The van der Waals surface area contributed by atoms with Crippen LogP contribution in [0.5, 0.6) is 0 Å². The maximum Gasteiger partial charge on any atom is 0.304 e. The second-order valence-corrected chi connectivity index (χ2v) is 5.45. The molecule has 1 unspecified atom stereocenters. The Morgan fingerprint density at radius 1 is 1.24 bits per heavy atom. The number of hydrogen-bond donors (Lipinski definition) is 1. The first kappa shape index (κ1) is 16.1. The number of nitriles is 2. The summed E-state index contributed by atoms with van der Waals surface area (Å²) in [7, 11) is 0. The van der Waals surface area contributed by atoms with Crippen LogP contribution < -0.4 is 0 Å². The van der Waals surface area contributed by atoms with E-state index in [1.54, 1.807) is 30.3 Å². The van der Waals surface area contributed by atoms with Crippen molar-refractivity contribution >= 4 is 12.4 Å². The van der Waals surface area contributed by atoms with E-state index in [1.165, 1.54) is 0 Å². The van der Waals surface area contributed by atoms with Gasteiger partial charge < -0.3 is 9.84 Å². The fraction of sp³-hybridized carbons (Fsp3) is 0.176. The summed E-state index contributed by atoms with van der Waals surface area (Å²) in [5.74, 6) is -1.12. The SMILES string of the molecule is N#Cc1nc2c(nc1C#N)C(COC=O)(CC(=O)O)c1ccccc1-2. The Hall–Kier alpha value is -3.78. The number of nitrogens with zero attached hydrogens (tertiary/aromatic N) is 4. The van der Waals surface area contributed by atoms with Crippen LogP contribution in [0.15, 0.2) is 24.3 Å². The average Bonchev–Trinajstić information content (AvgIpc) is 2.88. The third-order valence-electron chi connectivity index (χ3n) is 4.11. The number of carboxylic acids is 1. The van der Waals surface area contributed by atoms with Crippen LogP contribution >= 0.6 is 0 Å². The Labute approximate surface area is 141 Å². The van der Waals surface area contributed by atoms with Crippen molar-refractivity contribution in [2.24, 2.45) is 0 Å². The van der Waals surface area contributed by atoms with E-state index in [-0.39, 0.29) is 30.2 Å². The van der Waals surface area contributed by atoms with E-state index in [9.17, 15) is 25.2 Å². The Morgan fingerprint density at radius 3 is 2.56 bits per heavy atom. The second kappa shape index (κ2) is 6.02. The Balaban J connectivity index is 2.37. The molecule has 122 valence electrons. The van der Waals surface area contributed by atoms with Crippen molar-refractivity contribution in [3.05, 3.63) is 46.9 Å². The fourth-order valence-electron chi connectivity index (χ4n) is 3.16. The zero-order valence-electron chi connectivity index (χ0n) is 12.8. The van der Waals surface area contributed by atoms with Crippen LogP contribution in [0.3, 0.4) is 0 Å². The minimum atomic E-state index is -1.27. The molecule has 8 heteroatoms. The van der Waals surface area contributed by atoms with Gasteiger partial charge in [-0.05, 0) is 5.56 Å². The van der Waals surface area contributed by atoms with Crippen LogP contribution in [0.2, 0.25) is 0 Å². The number of carbonyl (C=O) groups excluding carboxylic acids is 1. The lowest BCUT2D eigenvalue weighted by atomic mass is 9.78. The van der Waals surface area contributed by atoms with Crippen molar-refractivity contribution in [1.29, 1.82) is 10.5 Å². The Morgan fingerprint density at radius 2 is 1.92 bits per heavy atom. The molecule has 1 aromatic heterocycles. The highest BCUT2D eigenvalue weighted by molar-refractivity contribution is 5.81. The number of rotatable bonds is 5. The van der Waals surface area contributed by atoms with Crippen LogP contribution in [-0.4, -0.2) is 34.1 Å². The van der Waals surface area contributed by atoms with Gasteiger partial charge in [0.1, 0.15) is 18.7 Å². The molecule has 0 saturated carbocycles. The Bertz CT molecular complexity index is 974. The summed E-state index contributed by atoms with van der Waals surface area (Å²) in [6, 6.07) is 10.5. The molecule has 0 bridgehead atoms. The van der Waals surface area contributed by atoms with Gasteiger partial charge in [0, 0.05) is 5.56 Å². The zero-order valence-corrected chi connectivity index (χ0v) is 12.8. The molecule has 1 aliphatic carbocycles. The van der Waals surface area contributed by atoms with E-state index in [4.69, 9.17) is 4.74 Å². The average molecular weight is 334 g/mol. The summed E-state index contributed by atoms with van der Waals surface area (Å²) in [4.78, 5) is 30.7. The minimum Gasteiger partial charge on any atom is -0.481 e. The molecule has 0 spiro atoms. The van der Waals surface area contributed by atoms with E-state index in [1.807, 2.05) is 6.07 Å². The predicted molar refractivity (Wildman–Crippen MR) is 81.9 cm³/mol. The van der Waals surface area contributed by atoms with Crippen molar-refractivity contribution in [3.8, 4) is 23.4 Å². The molecule has 0 radical (unpaired) electrons. The summed E-state index contributed by atoms with van der Waals surface area (Å²) < 4.78 is 4.91. The number of ether oxygens (including phenoxy) is 1.